The number of rotatable bonds is 5. The Morgan fingerprint density at radius 3 is 2.39 bits per heavy atom. The molecular weight excluding hydrogens is 294 g/mol. The van der Waals surface area contributed by atoms with Gasteiger partial charge in [0.25, 0.3) is 5.91 Å². The molecule has 23 heavy (non-hydrogen) atoms. The number of hydrogen-bond acceptors (Lipinski definition) is 3. The molecule has 0 aliphatic heterocycles. The van der Waals surface area contributed by atoms with Crippen LogP contribution in [0.1, 0.15) is 5.56 Å². The van der Waals surface area contributed by atoms with Crippen LogP contribution in [0.5, 0.6) is 5.75 Å². The molecule has 2 rings (SSSR count). The van der Waals surface area contributed by atoms with Crippen molar-refractivity contribution in [1.29, 1.82) is 0 Å². The molecule has 0 atom stereocenters. The quantitative estimate of drug-likeness (QED) is 0.794. The van der Waals surface area contributed by atoms with Crippen molar-refractivity contribution in [2.24, 2.45) is 0 Å². The zero-order valence-corrected chi connectivity index (χ0v) is 13.1. The number of hydrogen-bond donors (Lipinski definition) is 3. The molecule has 120 valence electrons. The molecule has 0 unspecified atom stereocenters. The minimum atomic E-state index is -0.323. The first-order valence-corrected chi connectivity index (χ1v) is 7.15. The minimum absolute atomic E-state index is 0.0854. The average molecular weight is 313 g/mol. The highest BCUT2D eigenvalue weighted by molar-refractivity contribution is 5.94. The first-order chi connectivity index (χ1) is 11.1. The van der Waals surface area contributed by atoms with Crippen LogP contribution in [0.3, 0.4) is 0 Å². The number of carbonyl (C=O) groups is 2. The summed E-state index contributed by atoms with van der Waals surface area (Å²) in [5.74, 6) is 0.406. The largest absolute Gasteiger partial charge is 0.483 e. The van der Waals surface area contributed by atoms with E-state index in [9.17, 15) is 9.59 Å². The monoisotopic (exact) mass is 313 g/mol. The maximum absolute atomic E-state index is 12.0. The van der Waals surface area contributed by atoms with E-state index < -0.39 is 0 Å². The van der Waals surface area contributed by atoms with Gasteiger partial charge in [0.1, 0.15) is 5.75 Å². The van der Waals surface area contributed by atoms with E-state index in [1.807, 2.05) is 31.2 Å². The standard InChI is InChI=1S/C17H19N3O3/c1-12-6-3-4-9-15(12)23-11-16(21)19-13-7-5-8-14(10-13)20-17(22)18-2/h3-10H,11H2,1-2H3,(H,19,21)(H2,18,20,22). The lowest BCUT2D eigenvalue weighted by Crippen LogP contribution is -2.24. The first kappa shape index (κ1) is 16.4. The van der Waals surface area contributed by atoms with Gasteiger partial charge in [0.2, 0.25) is 0 Å². The summed E-state index contributed by atoms with van der Waals surface area (Å²) in [5.41, 5.74) is 2.14. The summed E-state index contributed by atoms with van der Waals surface area (Å²) in [6, 6.07) is 14.1. The lowest BCUT2D eigenvalue weighted by Gasteiger charge is -2.10. The van der Waals surface area contributed by atoms with Gasteiger partial charge in [-0.05, 0) is 36.8 Å². The number of aryl methyl sites for hydroxylation is 1. The van der Waals surface area contributed by atoms with Gasteiger partial charge in [0, 0.05) is 18.4 Å². The van der Waals surface area contributed by atoms with Crippen molar-refractivity contribution >= 4 is 23.3 Å². The van der Waals surface area contributed by atoms with Crippen LogP contribution in [-0.2, 0) is 4.79 Å². The van der Waals surface area contributed by atoms with Crippen LogP contribution in [-0.4, -0.2) is 25.6 Å². The van der Waals surface area contributed by atoms with E-state index in [1.54, 1.807) is 24.3 Å². The molecule has 2 aromatic rings. The lowest BCUT2D eigenvalue weighted by molar-refractivity contribution is -0.118. The Morgan fingerprint density at radius 2 is 1.70 bits per heavy atom. The minimum Gasteiger partial charge on any atom is -0.483 e. The first-order valence-electron chi connectivity index (χ1n) is 7.15. The average Bonchev–Trinajstić information content (AvgIpc) is 2.54. The number of urea groups is 1. The Balaban J connectivity index is 1.91. The zero-order valence-electron chi connectivity index (χ0n) is 13.1. The molecule has 6 nitrogen and oxygen atoms in total. The van der Waals surface area contributed by atoms with E-state index in [1.165, 1.54) is 7.05 Å². The molecule has 0 fully saturated rings. The summed E-state index contributed by atoms with van der Waals surface area (Å²) < 4.78 is 5.49. The third-order valence-electron chi connectivity index (χ3n) is 3.08. The molecule has 3 amide bonds. The third-order valence-corrected chi connectivity index (χ3v) is 3.08. The molecule has 0 heterocycles. The number of nitrogens with one attached hydrogen (secondary N) is 3. The van der Waals surface area contributed by atoms with Gasteiger partial charge in [-0.1, -0.05) is 24.3 Å². The summed E-state index contributed by atoms with van der Waals surface area (Å²) in [5, 5.41) is 7.83. The van der Waals surface area contributed by atoms with Crippen LogP contribution >= 0.6 is 0 Å². The van der Waals surface area contributed by atoms with Crippen LogP contribution in [0.4, 0.5) is 16.2 Å². The van der Waals surface area contributed by atoms with Crippen LogP contribution in [0.25, 0.3) is 0 Å². The van der Waals surface area contributed by atoms with Crippen LogP contribution < -0.4 is 20.7 Å². The lowest BCUT2D eigenvalue weighted by atomic mass is 10.2. The Bertz CT molecular complexity index is 701. The van der Waals surface area contributed by atoms with Crippen molar-refractivity contribution < 1.29 is 14.3 Å². The molecule has 3 N–H and O–H groups in total. The fourth-order valence-electron chi connectivity index (χ4n) is 1.93. The van der Waals surface area contributed by atoms with E-state index in [2.05, 4.69) is 16.0 Å². The van der Waals surface area contributed by atoms with Gasteiger partial charge in [0.05, 0.1) is 0 Å². The van der Waals surface area contributed by atoms with Gasteiger partial charge >= 0.3 is 6.03 Å². The Morgan fingerprint density at radius 1 is 1.00 bits per heavy atom. The summed E-state index contributed by atoms with van der Waals surface area (Å²) in [6.45, 7) is 1.83. The molecule has 2 aromatic carbocycles. The zero-order chi connectivity index (χ0) is 16.7. The van der Waals surface area contributed by atoms with Crippen LogP contribution in [0.15, 0.2) is 48.5 Å². The van der Waals surface area contributed by atoms with E-state index in [-0.39, 0.29) is 18.5 Å². The molecule has 0 aliphatic carbocycles. The highest BCUT2D eigenvalue weighted by atomic mass is 16.5. The van der Waals surface area contributed by atoms with Gasteiger partial charge < -0.3 is 20.7 Å². The van der Waals surface area contributed by atoms with E-state index in [4.69, 9.17) is 4.74 Å². The highest BCUT2D eigenvalue weighted by Crippen LogP contribution is 2.17. The highest BCUT2D eigenvalue weighted by Gasteiger charge is 2.06. The molecule has 0 aliphatic rings. The fraction of sp³-hybridized carbons (Fsp3) is 0.176. The van der Waals surface area contributed by atoms with Crippen molar-refractivity contribution in [2.75, 3.05) is 24.3 Å². The third kappa shape index (κ3) is 5.03. The second kappa shape index (κ2) is 7.84. The van der Waals surface area contributed by atoms with Crippen LogP contribution in [0, 0.1) is 6.92 Å². The summed E-state index contributed by atoms with van der Waals surface area (Å²) in [7, 11) is 1.53. The summed E-state index contributed by atoms with van der Waals surface area (Å²) in [4.78, 5) is 23.2. The molecule has 0 spiro atoms. The van der Waals surface area contributed by atoms with Gasteiger partial charge in [-0.25, -0.2) is 4.79 Å². The van der Waals surface area contributed by atoms with Gasteiger partial charge in [-0.3, -0.25) is 4.79 Å². The van der Waals surface area contributed by atoms with Crippen molar-refractivity contribution in [3.8, 4) is 5.75 Å². The van der Waals surface area contributed by atoms with Crippen molar-refractivity contribution in [3.63, 3.8) is 0 Å². The molecule has 0 saturated heterocycles. The van der Waals surface area contributed by atoms with Crippen molar-refractivity contribution in [1.82, 2.24) is 5.32 Å². The van der Waals surface area contributed by atoms with E-state index in [0.29, 0.717) is 17.1 Å². The predicted molar refractivity (Wildman–Crippen MR) is 89.8 cm³/mol. The second-order valence-electron chi connectivity index (χ2n) is 4.89. The SMILES string of the molecule is CNC(=O)Nc1cccc(NC(=O)COc2ccccc2C)c1. The summed E-state index contributed by atoms with van der Waals surface area (Å²) in [6.07, 6.45) is 0. The van der Waals surface area contributed by atoms with Gasteiger partial charge in [-0.15, -0.1) is 0 Å². The number of para-hydroxylation sites is 1. The van der Waals surface area contributed by atoms with Crippen molar-refractivity contribution in [2.45, 2.75) is 6.92 Å². The number of amides is 3. The molecule has 0 radical (unpaired) electrons. The molecule has 0 bridgehead atoms. The van der Waals surface area contributed by atoms with Crippen molar-refractivity contribution in [3.05, 3.63) is 54.1 Å². The van der Waals surface area contributed by atoms with E-state index >= 15 is 0 Å². The maximum atomic E-state index is 12.0. The molecule has 0 saturated carbocycles. The maximum Gasteiger partial charge on any atom is 0.318 e. The number of carbonyl (C=O) groups excluding carboxylic acids is 2. The predicted octanol–water partition coefficient (Wildman–Crippen LogP) is 2.76. The number of ether oxygens (including phenoxy) is 1. The molecule has 0 aromatic heterocycles. The number of anilines is 2. The fourth-order valence-corrected chi connectivity index (χ4v) is 1.93. The normalized spacial score (nSPS) is 9.83. The Labute approximate surface area is 134 Å². The Kier molecular flexibility index (Phi) is 5.57. The molecule has 6 heteroatoms. The molecular formula is C17H19N3O3. The Hall–Kier alpha value is -3.02. The van der Waals surface area contributed by atoms with Gasteiger partial charge in [-0.2, -0.15) is 0 Å². The van der Waals surface area contributed by atoms with Crippen LogP contribution in [0.2, 0.25) is 0 Å². The smallest absolute Gasteiger partial charge is 0.318 e. The van der Waals surface area contributed by atoms with E-state index in [0.717, 1.165) is 5.56 Å². The second-order valence-corrected chi connectivity index (χ2v) is 4.89. The van der Waals surface area contributed by atoms with Gasteiger partial charge in [0.15, 0.2) is 6.61 Å². The summed E-state index contributed by atoms with van der Waals surface area (Å²) >= 11 is 0. The number of benzene rings is 2. The topological polar surface area (TPSA) is 79.5 Å².